The second-order valence-electron chi connectivity index (χ2n) is 7.94. The summed E-state index contributed by atoms with van der Waals surface area (Å²) in [5.41, 5.74) is 0.480. The minimum Gasteiger partial charge on any atom is -0.462 e. The molecule has 1 spiro atoms. The molecule has 2 aliphatic carbocycles. The van der Waals surface area contributed by atoms with Crippen molar-refractivity contribution in [2.24, 2.45) is 5.92 Å². The Bertz CT molecular complexity index is 801. The molecule has 1 aromatic carbocycles. The Morgan fingerprint density at radius 2 is 1.79 bits per heavy atom. The van der Waals surface area contributed by atoms with Crippen LogP contribution in [0.2, 0.25) is 0 Å². The summed E-state index contributed by atoms with van der Waals surface area (Å²) in [4.78, 5) is 12.3. The Hall–Kier alpha value is -1.48. The molecule has 1 heterocycles. The molecule has 0 bridgehead atoms. The van der Waals surface area contributed by atoms with Gasteiger partial charge in [-0.05, 0) is 31.4 Å². The highest BCUT2D eigenvalue weighted by Crippen LogP contribution is 2.48. The fraction of sp³-hybridized carbons (Fsp3) is 0.650. The third-order valence-corrected chi connectivity index (χ3v) is 6.34. The number of hydrogen-bond acceptors (Lipinski definition) is 7. The number of benzene rings is 1. The lowest BCUT2D eigenvalue weighted by atomic mass is 9.94. The van der Waals surface area contributed by atoms with Gasteiger partial charge in [-0.15, -0.1) is 0 Å². The lowest BCUT2D eigenvalue weighted by Crippen LogP contribution is -2.37. The summed E-state index contributed by atoms with van der Waals surface area (Å²) >= 11 is 0. The molecule has 7 nitrogen and oxygen atoms in total. The molecule has 0 unspecified atom stereocenters. The zero-order valence-electron chi connectivity index (χ0n) is 15.9. The van der Waals surface area contributed by atoms with Gasteiger partial charge in [-0.2, -0.15) is 8.42 Å². The van der Waals surface area contributed by atoms with Crippen LogP contribution in [-0.4, -0.2) is 51.3 Å². The monoisotopic (exact) mass is 410 g/mol. The maximum absolute atomic E-state index is 12.3. The number of hydrogen-bond donors (Lipinski definition) is 0. The van der Waals surface area contributed by atoms with Crippen molar-refractivity contribution in [2.75, 3.05) is 12.9 Å². The Morgan fingerprint density at radius 1 is 1.11 bits per heavy atom. The molecule has 0 aromatic heterocycles. The van der Waals surface area contributed by atoms with Crippen LogP contribution in [0.5, 0.6) is 0 Å². The normalized spacial score (nSPS) is 31.6. The predicted octanol–water partition coefficient (Wildman–Crippen LogP) is 2.65. The van der Waals surface area contributed by atoms with Crippen LogP contribution < -0.4 is 0 Å². The third kappa shape index (κ3) is 4.25. The number of carbonyl (C=O) groups excluding carboxylic acids is 1. The van der Waals surface area contributed by atoms with Crippen LogP contribution >= 0.6 is 0 Å². The molecule has 0 radical (unpaired) electrons. The van der Waals surface area contributed by atoms with E-state index in [1.165, 1.54) is 0 Å². The van der Waals surface area contributed by atoms with E-state index in [0.717, 1.165) is 38.4 Å². The molecule has 0 N–H and O–H groups in total. The van der Waals surface area contributed by atoms with Gasteiger partial charge in [-0.25, -0.2) is 4.79 Å². The quantitative estimate of drug-likeness (QED) is 0.545. The molecule has 4 rings (SSSR count). The van der Waals surface area contributed by atoms with Crippen molar-refractivity contribution in [2.45, 2.75) is 62.6 Å². The Labute approximate surface area is 165 Å². The van der Waals surface area contributed by atoms with E-state index in [1.807, 2.05) is 6.07 Å². The van der Waals surface area contributed by atoms with Crippen molar-refractivity contribution in [3.63, 3.8) is 0 Å². The maximum atomic E-state index is 12.3. The van der Waals surface area contributed by atoms with Gasteiger partial charge in [0.2, 0.25) is 0 Å². The Kier molecular flexibility index (Phi) is 5.48. The molecule has 0 amide bonds. The van der Waals surface area contributed by atoms with E-state index in [1.54, 1.807) is 24.3 Å². The topological polar surface area (TPSA) is 88.1 Å². The molecule has 154 valence electrons. The first-order valence-corrected chi connectivity index (χ1v) is 11.6. The molecule has 3 fully saturated rings. The van der Waals surface area contributed by atoms with Crippen LogP contribution in [0.15, 0.2) is 30.3 Å². The van der Waals surface area contributed by atoms with Crippen molar-refractivity contribution in [1.82, 2.24) is 0 Å². The Morgan fingerprint density at radius 3 is 2.46 bits per heavy atom. The van der Waals surface area contributed by atoms with Crippen molar-refractivity contribution >= 4 is 16.1 Å². The first kappa shape index (κ1) is 19.8. The van der Waals surface area contributed by atoms with Crippen LogP contribution in [-0.2, 0) is 28.5 Å². The maximum Gasteiger partial charge on any atom is 0.338 e. The highest BCUT2D eigenvalue weighted by atomic mass is 32.2. The highest BCUT2D eigenvalue weighted by molar-refractivity contribution is 7.86. The first-order valence-electron chi connectivity index (χ1n) is 9.81. The summed E-state index contributed by atoms with van der Waals surface area (Å²) in [6.45, 7) is 0.137. The molecular formula is C20H26O7S. The second-order valence-corrected chi connectivity index (χ2v) is 9.54. The summed E-state index contributed by atoms with van der Waals surface area (Å²) in [6.07, 6.45) is 4.78. The SMILES string of the molecule is CS(=O)(=O)O[C@H]1C[C@H](COC(=O)c2ccccc2)[C@H]2OC3(CCCCC3)O[C@H]21. The summed E-state index contributed by atoms with van der Waals surface area (Å²) in [5, 5.41) is 0. The standard InChI is InChI=1S/C20H26O7S/c1-28(22,23)27-16-12-15(13-24-19(21)14-8-4-2-5-9-14)17-18(16)26-20(25-17)10-6-3-7-11-20/h2,4-5,8-9,15-18H,3,6-7,10-13H2,1H3/t15-,16+,17-,18+/m1/s1. The van der Waals surface area contributed by atoms with Crippen molar-refractivity contribution < 1.29 is 31.6 Å². The van der Waals surface area contributed by atoms with Gasteiger partial charge in [0.25, 0.3) is 10.1 Å². The minimum atomic E-state index is -3.63. The van der Waals surface area contributed by atoms with Crippen molar-refractivity contribution in [3.8, 4) is 0 Å². The van der Waals surface area contributed by atoms with E-state index < -0.39 is 34.1 Å². The summed E-state index contributed by atoms with van der Waals surface area (Å²) in [5.74, 6) is -1.24. The largest absolute Gasteiger partial charge is 0.462 e. The molecule has 1 aliphatic heterocycles. The van der Waals surface area contributed by atoms with Gasteiger partial charge in [0.05, 0.1) is 24.5 Å². The van der Waals surface area contributed by atoms with Gasteiger partial charge in [-0.1, -0.05) is 24.6 Å². The van der Waals surface area contributed by atoms with Gasteiger partial charge in [0.1, 0.15) is 12.2 Å². The van der Waals surface area contributed by atoms with E-state index in [9.17, 15) is 13.2 Å². The molecule has 1 saturated heterocycles. The summed E-state index contributed by atoms with van der Waals surface area (Å²) < 4.78 is 46.7. The predicted molar refractivity (Wildman–Crippen MR) is 100 cm³/mol. The molecule has 1 aromatic rings. The number of fused-ring (bicyclic) bond motifs is 1. The zero-order chi connectivity index (χ0) is 19.8. The fourth-order valence-electron chi connectivity index (χ4n) is 4.52. The molecular weight excluding hydrogens is 384 g/mol. The van der Waals surface area contributed by atoms with E-state index in [-0.39, 0.29) is 18.6 Å². The fourth-order valence-corrected chi connectivity index (χ4v) is 5.16. The van der Waals surface area contributed by atoms with E-state index in [2.05, 4.69) is 0 Å². The Balaban J connectivity index is 1.46. The lowest BCUT2D eigenvalue weighted by molar-refractivity contribution is -0.209. The first-order chi connectivity index (χ1) is 13.4. The van der Waals surface area contributed by atoms with Gasteiger partial charge in [0, 0.05) is 18.8 Å². The van der Waals surface area contributed by atoms with E-state index >= 15 is 0 Å². The highest BCUT2D eigenvalue weighted by Gasteiger charge is 2.58. The molecule has 4 atom stereocenters. The second kappa shape index (κ2) is 7.74. The number of ether oxygens (including phenoxy) is 3. The molecule has 8 heteroatoms. The smallest absolute Gasteiger partial charge is 0.338 e. The third-order valence-electron chi connectivity index (χ3n) is 5.74. The average molecular weight is 410 g/mol. The van der Waals surface area contributed by atoms with Crippen LogP contribution in [0, 0.1) is 5.92 Å². The van der Waals surface area contributed by atoms with Crippen LogP contribution in [0.1, 0.15) is 48.9 Å². The number of esters is 1. The van der Waals surface area contributed by atoms with E-state index in [0.29, 0.717) is 12.0 Å². The van der Waals surface area contributed by atoms with Crippen molar-refractivity contribution in [1.29, 1.82) is 0 Å². The van der Waals surface area contributed by atoms with E-state index in [4.69, 9.17) is 18.4 Å². The summed E-state index contributed by atoms with van der Waals surface area (Å²) in [6, 6.07) is 8.78. The number of carbonyl (C=O) groups is 1. The van der Waals surface area contributed by atoms with Crippen LogP contribution in [0.4, 0.5) is 0 Å². The van der Waals surface area contributed by atoms with Crippen molar-refractivity contribution in [3.05, 3.63) is 35.9 Å². The molecule has 2 saturated carbocycles. The van der Waals surface area contributed by atoms with Crippen LogP contribution in [0.3, 0.4) is 0 Å². The summed E-state index contributed by atoms with van der Waals surface area (Å²) in [7, 11) is -3.63. The minimum absolute atomic E-state index is 0.137. The zero-order valence-corrected chi connectivity index (χ0v) is 16.7. The lowest BCUT2D eigenvalue weighted by Gasteiger charge is -2.33. The van der Waals surface area contributed by atoms with Gasteiger partial charge in [-0.3, -0.25) is 4.18 Å². The van der Waals surface area contributed by atoms with Gasteiger partial charge < -0.3 is 14.2 Å². The molecule has 28 heavy (non-hydrogen) atoms. The average Bonchev–Trinajstić information content (AvgIpc) is 3.16. The number of rotatable bonds is 5. The van der Waals surface area contributed by atoms with Gasteiger partial charge >= 0.3 is 5.97 Å². The van der Waals surface area contributed by atoms with Gasteiger partial charge in [0.15, 0.2) is 5.79 Å². The van der Waals surface area contributed by atoms with Crippen LogP contribution in [0.25, 0.3) is 0 Å². The molecule has 3 aliphatic rings.